The predicted octanol–water partition coefficient (Wildman–Crippen LogP) is 1.43. The fraction of sp³-hybridized carbons (Fsp3) is 0. The van der Waals surface area contributed by atoms with Crippen LogP contribution in [-0.4, -0.2) is 21.0 Å². The lowest BCUT2D eigenvalue weighted by molar-refractivity contribution is 0.102. The van der Waals surface area contributed by atoms with Crippen LogP contribution in [0.15, 0.2) is 42.7 Å². The Morgan fingerprint density at radius 3 is 2.38 bits per heavy atom. The van der Waals surface area contributed by atoms with E-state index in [9.17, 15) is 4.79 Å². The van der Waals surface area contributed by atoms with E-state index in [2.05, 4.69) is 15.3 Å². The SMILES string of the molecule is O=C(Nc1ncccn1)c1ccc(O)cc1. The van der Waals surface area contributed by atoms with Crippen molar-refractivity contribution >= 4 is 11.9 Å². The average Bonchev–Trinajstić information content (AvgIpc) is 2.31. The van der Waals surface area contributed by atoms with Crippen LogP contribution in [0.3, 0.4) is 0 Å². The number of nitrogens with zero attached hydrogens (tertiary/aromatic N) is 2. The summed E-state index contributed by atoms with van der Waals surface area (Å²) in [6, 6.07) is 7.60. The third-order valence-electron chi connectivity index (χ3n) is 1.92. The van der Waals surface area contributed by atoms with E-state index in [1.807, 2.05) is 0 Å². The van der Waals surface area contributed by atoms with Crippen molar-refractivity contribution in [2.75, 3.05) is 5.32 Å². The first-order valence-corrected chi connectivity index (χ1v) is 4.63. The first-order valence-electron chi connectivity index (χ1n) is 4.63. The van der Waals surface area contributed by atoms with Gasteiger partial charge in [0.05, 0.1) is 0 Å². The number of carbonyl (C=O) groups is 1. The van der Waals surface area contributed by atoms with Crippen molar-refractivity contribution in [3.05, 3.63) is 48.3 Å². The summed E-state index contributed by atoms with van der Waals surface area (Å²) in [5.41, 5.74) is 0.435. The second kappa shape index (κ2) is 4.39. The molecule has 0 radical (unpaired) electrons. The predicted molar refractivity (Wildman–Crippen MR) is 58.1 cm³/mol. The molecule has 0 saturated heterocycles. The van der Waals surface area contributed by atoms with E-state index in [0.717, 1.165) is 0 Å². The molecule has 0 atom stereocenters. The van der Waals surface area contributed by atoms with Gasteiger partial charge >= 0.3 is 0 Å². The smallest absolute Gasteiger partial charge is 0.258 e. The summed E-state index contributed by atoms with van der Waals surface area (Å²) in [6.45, 7) is 0. The summed E-state index contributed by atoms with van der Waals surface area (Å²) in [7, 11) is 0. The number of aromatic hydroxyl groups is 1. The number of hydrogen-bond acceptors (Lipinski definition) is 4. The molecule has 0 spiro atoms. The van der Waals surface area contributed by atoms with Gasteiger partial charge in [0, 0.05) is 18.0 Å². The summed E-state index contributed by atoms with van der Waals surface area (Å²) in [5.74, 6) is 0.0549. The van der Waals surface area contributed by atoms with Gasteiger partial charge in [-0.2, -0.15) is 0 Å². The lowest BCUT2D eigenvalue weighted by Gasteiger charge is -2.02. The van der Waals surface area contributed by atoms with Gasteiger partial charge in [0.2, 0.25) is 5.95 Å². The number of aromatic nitrogens is 2. The van der Waals surface area contributed by atoms with Crippen LogP contribution in [0.1, 0.15) is 10.4 Å². The minimum atomic E-state index is -0.314. The molecule has 0 aliphatic carbocycles. The lowest BCUT2D eigenvalue weighted by atomic mass is 10.2. The van der Waals surface area contributed by atoms with Gasteiger partial charge in [-0.1, -0.05) is 0 Å². The molecule has 5 heteroatoms. The van der Waals surface area contributed by atoms with E-state index >= 15 is 0 Å². The summed E-state index contributed by atoms with van der Waals surface area (Å²) in [6.07, 6.45) is 3.08. The van der Waals surface area contributed by atoms with Crippen LogP contribution in [0.25, 0.3) is 0 Å². The molecular formula is C11H9N3O2. The quantitative estimate of drug-likeness (QED) is 0.794. The zero-order valence-electron chi connectivity index (χ0n) is 8.29. The topological polar surface area (TPSA) is 75.1 Å². The van der Waals surface area contributed by atoms with Gasteiger partial charge in [0.25, 0.3) is 5.91 Å². The van der Waals surface area contributed by atoms with E-state index < -0.39 is 0 Å². The van der Waals surface area contributed by atoms with Crippen molar-refractivity contribution in [3.63, 3.8) is 0 Å². The van der Waals surface area contributed by atoms with Gasteiger partial charge in [-0.05, 0) is 30.3 Å². The largest absolute Gasteiger partial charge is 0.508 e. The van der Waals surface area contributed by atoms with Crippen LogP contribution in [0.5, 0.6) is 5.75 Å². The van der Waals surface area contributed by atoms with Crippen molar-refractivity contribution in [1.29, 1.82) is 0 Å². The van der Waals surface area contributed by atoms with Crippen LogP contribution in [0, 0.1) is 0 Å². The summed E-state index contributed by atoms with van der Waals surface area (Å²) < 4.78 is 0. The molecule has 1 aromatic heterocycles. The van der Waals surface area contributed by atoms with Crippen LogP contribution in [0.2, 0.25) is 0 Å². The Morgan fingerprint density at radius 2 is 1.75 bits per heavy atom. The molecule has 0 aliphatic heterocycles. The number of carbonyl (C=O) groups excluding carboxylic acids is 1. The Kier molecular flexibility index (Phi) is 2.77. The molecule has 0 bridgehead atoms. The van der Waals surface area contributed by atoms with E-state index in [4.69, 9.17) is 5.11 Å². The van der Waals surface area contributed by atoms with Gasteiger partial charge in [-0.15, -0.1) is 0 Å². The number of phenolic OH excluding ortho intramolecular Hbond substituents is 1. The molecule has 2 rings (SSSR count). The van der Waals surface area contributed by atoms with Gasteiger partial charge in [-0.25, -0.2) is 9.97 Å². The number of amides is 1. The lowest BCUT2D eigenvalue weighted by Crippen LogP contribution is -2.13. The number of hydrogen-bond donors (Lipinski definition) is 2. The molecule has 0 unspecified atom stereocenters. The van der Waals surface area contributed by atoms with Crippen molar-refractivity contribution in [3.8, 4) is 5.75 Å². The van der Waals surface area contributed by atoms with Gasteiger partial charge in [0.1, 0.15) is 5.75 Å². The monoisotopic (exact) mass is 215 g/mol. The first-order chi connectivity index (χ1) is 7.75. The highest BCUT2D eigenvalue weighted by Gasteiger charge is 2.06. The van der Waals surface area contributed by atoms with Crippen molar-refractivity contribution in [1.82, 2.24) is 9.97 Å². The standard InChI is InChI=1S/C11H9N3O2/c15-9-4-2-8(3-5-9)10(16)14-11-12-6-1-7-13-11/h1-7,15H,(H,12,13,14,16). The maximum atomic E-state index is 11.7. The molecule has 80 valence electrons. The molecule has 2 aromatic rings. The fourth-order valence-corrected chi connectivity index (χ4v) is 1.15. The Balaban J connectivity index is 2.12. The number of nitrogens with one attached hydrogen (secondary N) is 1. The van der Waals surface area contributed by atoms with Crippen molar-refractivity contribution in [2.24, 2.45) is 0 Å². The number of anilines is 1. The van der Waals surface area contributed by atoms with E-state index in [-0.39, 0.29) is 17.6 Å². The molecule has 16 heavy (non-hydrogen) atoms. The van der Waals surface area contributed by atoms with Gasteiger partial charge in [0.15, 0.2) is 0 Å². The van der Waals surface area contributed by atoms with E-state index in [0.29, 0.717) is 5.56 Å². The Labute approximate surface area is 91.8 Å². The maximum Gasteiger partial charge on any atom is 0.258 e. The minimum Gasteiger partial charge on any atom is -0.508 e. The van der Waals surface area contributed by atoms with Gasteiger partial charge in [-0.3, -0.25) is 10.1 Å². The highest BCUT2D eigenvalue weighted by atomic mass is 16.3. The summed E-state index contributed by atoms with van der Waals surface area (Å²) >= 11 is 0. The first kappa shape index (κ1) is 10.1. The van der Waals surface area contributed by atoms with E-state index in [1.165, 1.54) is 24.3 Å². The van der Waals surface area contributed by atoms with Crippen molar-refractivity contribution < 1.29 is 9.90 Å². The summed E-state index contributed by atoms with van der Waals surface area (Å²) in [5, 5.41) is 11.6. The number of phenols is 1. The number of benzene rings is 1. The molecule has 1 heterocycles. The molecular weight excluding hydrogens is 206 g/mol. The van der Waals surface area contributed by atoms with Crippen LogP contribution in [-0.2, 0) is 0 Å². The number of rotatable bonds is 2. The highest BCUT2D eigenvalue weighted by Crippen LogP contribution is 2.10. The zero-order chi connectivity index (χ0) is 11.4. The summed E-state index contributed by atoms with van der Waals surface area (Å²) in [4.78, 5) is 19.4. The molecule has 0 saturated carbocycles. The van der Waals surface area contributed by atoms with Gasteiger partial charge < -0.3 is 5.11 Å². The normalized spacial score (nSPS) is 9.75. The Morgan fingerprint density at radius 1 is 1.12 bits per heavy atom. The molecule has 0 aliphatic rings. The fourth-order valence-electron chi connectivity index (χ4n) is 1.15. The highest BCUT2D eigenvalue weighted by molar-refractivity contribution is 6.03. The zero-order valence-corrected chi connectivity index (χ0v) is 8.29. The third kappa shape index (κ3) is 2.33. The van der Waals surface area contributed by atoms with Crippen molar-refractivity contribution in [2.45, 2.75) is 0 Å². The Hall–Kier alpha value is -2.43. The third-order valence-corrected chi connectivity index (χ3v) is 1.92. The molecule has 1 amide bonds. The van der Waals surface area contributed by atoms with E-state index in [1.54, 1.807) is 18.5 Å². The second-order valence-electron chi connectivity index (χ2n) is 3.07. The molecule has 0 fully saturated rings. The van der Waals surface area contributed by atoms with Crippen LogP contribution >= 0.6 is 0 Å². The van der Waals surface area contributed by atoms with Crippen LogP contribution in [0.4, 0.5) is 5.95 Å². The molecule has 1 aromatic carbocycles. The maximum absolute atomic E-state index is 11.7. The molecule has 2 N–H and O–H groups in total. The second-order valence-corrected chi connectivity index (χ2v) is 3.07. The van der Waals surface area contributed by atoms with Crippen LogP contribution < -0.4 is 5.32 Å². The molecule has 5 nitrogen and oxygen atoms in total. The average molecular weight is 215 g/mol. The minimum absolute atomic E-state index is 0.118. The Bertz CT molecular complexity index is 482.